The zero-order chi connectivity index (χ0) is 27.1. The number of halogens is 3. The Morgan fingerprint density at radius 1 is 0.667 bits per heavy atom. The van der Waals surface area contributed by atoms with Gasteiger partial charge in [-0.05, 0) is 47.2 Å². The molecule has 1 aromatic heterocycles. The molecule has 5 aromatic rings. The van der Waals surface area contributed by atoms with Crippen LogP contribution >= 0.6 is 0 Å². The highest BCUT2D eigenvalue weighted by Crippen LogP contribution is 2.32. The molecule has 2 amide bonds. The molecule has 1 fully saturated rings. The monoisotopic (exact) mass is 527 g/mol. The number of aromatic nitrogens is 1. The van der Waals surface area contributed by atoms with Crippen molar-refractivity contribution in [2.24, 2.45) is 0 Å². The summed E-state index contributed by atoms with van der Waals surface area (Å²) in [5.41, 5.74) is 1.24. The number of hydrogen-bond donors (Lipinski definition) is 0. The number of amides is 2. The molecule has 0 bridgehead atoms. The molecular formula is C31H24F3N3O2. The van der Waals surface area contributed by atoms with Crippen LogP contribution < -0.4 is 0 Å². The van der Waals surface area contributed by atoms with Crippen molar-refractivity contribution in [1.82, 2.24) is 14.4 Å². The third-order valence-corrected chi connectivity index (χ3v) is 7.24. The molecule has 0 radical (unpaired) electrons. The van der Waals surface area contributed by atoms with Crippen molar-refractivity contribution in [3.8, 4) is 5.69 Å². The number of nitrogens with zero attached hydrogens (tertiary/aromatic N) is 3. The van der Waals surface area contributed by atoms with Gasteiger partial charge in [0.1, 0.15) is 0 Å². The molecule has 1 aliphatic rings. The van der Waals surface area contributed by atoms with E-state index in [2.05, 4.69) is 0 Å². The van der Waals surface area contributed by atoms with E-state index in [9.17, 15) is 22.8 Å². The molecule has 5 nitrogen and oxygen atoms in total. The fourth-order valence-corrected chi connectivity index (χ4v) is 5.18. The van der Waals surface area contributed by atoms with Crippen LogP contribution in [0, 0.1) is 0 Å². The van der Waals surface area contributed by atoms with E-state index in [0.717, 1.165) is 22.9 Å². The van der Waals surface area contributed by atoms with Crippen LogP contribution in [-0.4, -0.2) is 52.4 Å². The van der Waals surface area contributed by atoms with E-state index in [0.29, 0.717) is 53.9 Å². The summed E-state index contributed by atoms with van der Waals surface area (Å²) in [5, 5.41) is 2.72. The predicted molar refractivity (Wildman–Crippen MR) is 144 cm³/mol. The molecular weight excluding hydrogens is 503 g/mol. The molecule has 0 spiro atoms. The Hall–Kier alpha value is -4.59. The Bertz CT molecular complexity index is 1720. The summed E-state index contributed by atoms with van der Waals surface area (Å²) in [5.74, 6) is -0.288. The highest BCUT2D eigenvalue weighted by atomic mass is 19.4. The topological polar surface area (TPSA) is 45.6 Å². The van der Waals surface area contributed by atoms with Gasteiger partial charge in [-0.3, -0.25) is 9.59 Å². The maximum absolute atomic E-state index is 13.6. The Balaban J connectivity index is 1.23. The molecule has 0 saturated carbocycles. The third kappa shape index (κ3) is 4.63. The smallest absolute Gasteiger partial charge is 0.335 e. The third-order valence-electron chi connectivity index (χ3n) is 7.24. The van der Waals surface area contributed by atoms with Gasteiger partial charge in [-0.2, -0.15) is 13.2 Å². The number of hydrogen-bond acceptors (Lipinski definition) is 2. The first-order valence-corrected chi connectivity index (χ1v) is 12.6. The second-order valence-electron chi connectivity index (χ2n) is 9.62. The summed E-state index contributed by atoms with van der Waals surface area (Å²) in [6, 6.07) is 25.7. The van der Waals surface area contributed by atoms with Crippen molar-refractivity contribution in [2.75, 3.05) is 26.2 Å². The van der Waals surface area contributed by atoms with E-state index in [1.54, 1.807) is 50.9 Å². The quantitative estimate of drug-likeness (QED) is 0.273. The van der Waals surface area contributed by atoms with Gasteiger partial charge in [0.2, 0.25) is 0 Å². The molecule has 39 heavy (non-hydrogen) atoms. The molecule has 8 heteroatoms. The molecule has 1 aliphatic heterocycles. The lowest BCUT2D eigenvalue weighted by atomic mass is 10.1. The average molecular weight is 528 g/mol. The van der Waals surface area contributed by atoms with Gasteiger partial charge < -0.3 is 14.4 Å². The maximum atomic E-state index is 13.6. The largest absolute Gasteiger partial charge is 0.416 e. The average Bonchev–Trinajstić information content (AvgIpc) is 3.36. The van der Waals surface area contributed by atoms with Gasteiger partial charge in [0.25, 0.3) is 11.8 Å². The fourth-order valence-electron chi connectivity index (χ4n) is 5.18. The van der Waals surface area contributed by atoms with E-state index in [1.165, 1.54) is 6.07 Å². The molecule has 4 aromatic carbocycles. The van der Waals surface area contributed by atoms with Crippen LogP contribution in [-0.2, 0) is 6.18 Å². The zero-order valence-electron chi connectivity index (χ0n) is 20.9. The number of carbonyl (C=O) groups excluding carboxylic acids is 2. The lowest BCUT2D eigenvalue weighted by Gasteiger charge is -2.34. The summed E-state index contributed by atoms with van der Waals surface area (Å²) < 4.78 is 41.6. The van der Waals surface area contributed by atoms with Gasteiger partial charge in [-0.25, -0.2) is 0 Å². The Morgan fingerprint density at radius 2 is 1.33 bits per heavy atom. The van der Waals surface area contributed by atoms with Gasteiger partial charge in [-0.15, -0.1) is 0 Å². The number of piperazine rings is 1. The van der Waals surface area contributed by atoms with Crippen LogP contribution in [0.5, 0.6) is 0 Å². The summed E-state index contributed by atoms with van der Waals surface area (Å²) in [4.78, 5) is 30.2. The molecule has 0 N–H and O–H groups in total. The van der Waals surface area contributed by atoms with Crippen molar-refractivity contribution in [3.63, 3.8) is 0 Å². The SMILES string of the molecule is O=C(c1ccc2ccccc2c1)N1CCN(C(=O)c2cn(-c3cccc(C(F)(F)F)c3)c3ccccc23)CC1. The molecule has 2 heterocycles. The summed E-state index contributed by atoms with van der Waals surface area (Å²) >= 11 is 0. The highest BCUT2D eigenvalue weighted by Gasteiger charge is 2.31. The first kappa shape index (κ1) is 24.7. The molecule has 196 valence electrons. The second kappa shape index (κ2) is 9.62. The summed E-state index contributed by atoms with van der Waals surface area (Å²) in [7, 11) is 0. The van der Waals surface area contributed by atoms with Gasteiger partial charge in [0.05, 0.1) is 16.6 Å². The Labute approximate surface area is 222 Å². The first-order chi connectivity index (χ1) is 18.8. The number of alkyl halides is 3. The minimum atomic E-state index is -4.47. The van der Waals surface area contributed by atoms with Crippen LogP contribution in [0.4, 0.5) is 13.2 Å². The molecule has 6 rings (SSSR count). The van der Waals surface area contributed by atoms with E-state index in [-0.39, 0.29) is 11.8 Å². The zero-order valence-corrected chi connectivity index (χ0v) is 20.9. The fraction of sp³-hybridized carbons (Fsp3) is 0.161. The van der Waals surface area contributed by atoms with Gasteiger partial charge in [-0.1, -0.05) is 54.6 Å². The lowest BCUT2D eigenvalue weighted by Crippen LogP contribution is -2.50. The van der Waals surface area contributed by atoms with Gasteiger partial charge in [0.15, 0.2) is 0 Å². The predicted octanol–water partition coefficient (Wildman–Crippen LogP) is 6.40. The van der Waals surface area contributed by atoms with Crippen molar-refractivity contribution >= 4 is 33.5 Å². The van der Waals surface area contributed by atoms with Crippen molar-refractivity contribution in [3.05, 3.63) is 114 Å². The molecule has 0 aliphatic carbocycles. The number of rotatable bonds is 3. The summed E-state index contributed by atoms with van der Waals surface area (Å²) in [6.07, 6.45) is -2.86. The van der Waals surface area contributed by atoms with Crippen molar-refractivity contribution in [2.45, 2.75) is 6.18 Å². The van der Waals surface area contributed by atoms with E-state index in [1.807, 2.05) is 42.5 Å². The molecule has 0 atom stereocenters. The standard InChI is InChI=1S/C31H24F3N3O2/c32-31(33,34)24-8-5-9-25(19-24)37-20-27(26-10-3-4-11-28(26)37)30(39)36-16-14-35(15-17-36)29(38)23-13-12-21-6-1-2-7-22(21)18-23/h1-13,18-20H,14-17H2. The highest BCUT2D eigenvalue weighted by molar-refractivity contribution is 6.07. The van der Waals surface area contributed by atoms with Crippen LogP contribution in [0.1, 0.15) is 26.3 Å². The van der Waals surface area contributed by atoms with E-state index >= 15 is 0 Å². The number of fused-ring (bicyclic) bond motifs is 2. The summed E-state index contributed by atoms with van der Waals surface area (Å²) in [6.45, 7) is 1.51. The van der Waals surface area contributed by atoms with E-state index in [4.69, 9.17) is 0 Å². The molecule has 0 unspecified atom stereocenters. The number of carbonyl (C=O) groups is 2. The Kier molecular flexibility index (Phi) is 6.10. The minimum absolute atomic E-state index is 0.0750. The van der Waals surface area contributed by atoms with Crippen LogP contribution in [0.25, 0.3) is 27.4 Å². The minimum Gasteiger partial charge on any atom is -0.335 e. The Morgan fingerprint density at radius 3 is 2.08 bits per heavy atom. The normalized spacial score (nSPS) is 14.2. The van der Waals surface area contributed by atoms with Crippen molar-refractivity contribution < 1.29 is 22.8 Å². The van der Waals surface area contributed by atoms with Crippen LogP contribution in [0.15, 0.2) is 97.2 Å². The van der Waals surface area contributed by atoms with Gasteiger partial charge >= 0.3 is 6.18 Å². The van der Waals surface area contributed by atoms with Crippen molar-refractivity contribution in [1.29, 1.82) is 0 Å². The van der Waals surface area contributed by atoms with Crippen LogP contribution in [0.3, 0.4) is 0 Å². The molecule has 1 saturated heterocycles. The number of benzene rings is 4. The first-order valence-electron chi connectivity index (χ1n) is 12.6. The van der Waals surface area contributed by atoms with Gasteiger partial charge in [0, 0.05) is 49.0 Å². The maximum Gasteiger partial charge on any atom is 0.416 e. The second-order valence-corrected chi connectivity index (χ2v) is 9.62. The number of para-hydroxylation sites is 1. The van der Waals surface area contributed by atoms with Crippen LogP contribution in [0.2, 0.25) is 0 Å². The van der Waals surface area contributed by atoms with E-state index < -0.39 is 11.7 Å². The lowest BCUT2D eigenvalue weighted by molar-refractivity contribution is -0.137.